The van der Waals surface area contributed by atoms with E-state index in [0.29, 0.717) is 27.6 Å². The Morgan fingerprint density at radius 3 is 2.58 bits per heavy atom. The minimum Gasteiger partial charge on any atom is -0.401 e. The van der Waals surface area contributed by atoms with Gasteiger partial charge in [-0.3, -0.25) is 9.25 Å². The molecule has 0 aliphatic heterocycles. The summed E-state index contributed by atoms with van der Waals surface area (Å²) in [6.45, 7) is -0.957. The predicted octanol–water partition coefficient (Wildman–Crippen LogP) is 3.00. The molecule has 4 aromatic rings. The number of thiocarbonyl (C=S) groups is 1. The van der Waals surface area contributed by atoms with E-state index in [-0.39, 0.29) is 34.5 Å². The van der Waals surface area contributed by atoms with Crippen LogP contribution in [0.1, 0.15) is 5.56 Å². The number of rotatable bonds is 7. The molecule has 0 aliphatic rings. The summed E-state index contributed by atoms with van der Waals surface area (Å²) in [4.78, 5) is 29.9. The van der Waals surface area contributed by atoms with E-state index < -0.39 is 35.4 Å². The maximum Gasteiger partial charge on any atom is 0.355 e. The predicted molar refractivity (Wildman–Crippen MR) is 133 cm³/mol. The van der Waals surface area contributed by atoms with Crippen LogP contribution in [0.25, 0.3) is 10.9 Å². The summed E-state index contributed by atoms with van der Waals surface area (Å²) in [5.74, 6) is -4.11. The average molecular weight is 536 g/mol. The first-order chi connectivity index (χ1) is 17.1. The lowest BCUT2D eigenvalue weighted by molar-refractivity contribution is 0.485. The molecule has 0 atom stereocenters. The van der Waals surface area contributed by atoms with Crippen molar-refractivity contribution in [3.63, 3.8) is 0 Å². The lowest BCUT2D eigenvalue weighted by Crippen LogP contribution is -2.43. The van der Waals surface area contributed by atoms with Gasteiger partial charge in [-0.1, -0.05) is 23.8 Å². The molecule has 14 heteroatoms. The number of hydrogen-bond acceptors (Lipinski definition) is 7. The van der Waals surface area contributed by atoms with E-state index in [2.05, 4.69) is 15.4 Å². The molecule has 0 bridgehead atoms. The minimum atomic E-state index is -1.39. The summed E-state index contributed by atoms with van der Waals surface area (Å²) < 4.78 is 44.9. The van der Waals surface area contributed by atoms with Crippen molar-refractivity contribution < 1.29 is 13.2 Å². The monoisotopic (exact) mass is 535 g/mol. The van der Waals surface area contributed by atoms with Crippen molar-refractivity contribution in [1.29, 1.82) is 0 Å². The smallest absolute Gasteiger partial charge is 0.355 e. The highest BCUT2D eigenvalue weighted by Gasteiger charge is 2.19. The maximum absolute atomic E-state index is 14.4. The summed E-state index contributed by atoms with van der Waals surface area (Å²) in [5.41, 5.74) is 4.46. The topological polar surface area (TPSA) is 113 Å². The molecule has 0 fully saturated rings. The number of halogens is 4. The summed E-state index contributed by atoms with van der Waals surface area (Å²) in [6.07, 6.45) is 3.03. The van der Waals surface area contributed by atoms with Crippen molar-refractivity contribution >= 4 is 51.7 Å². The van der Waals surface area contributed by atoms with Gasteiger partial charge in [0, 0.05) is 41.3 Å². The van der Waals surface area contributed by atoms with Crippen molar-refractivity contribution in [1.82, 2.24) is 23.9 Å². The van der Waals surface area contributed by atoms with Crippen LogP contribution in [0.2, 0.25) is 5.02 Å². The van der Waals surface area contributed by atoms with E-state index in [0.717, 1.165) is 4.57 Å². The van der Waals surface area contributed by atoms with Gasteiger partial charge >= 0.3 is 11.4 Å². The normalized spacial score (nSPS) is 11.8. The fourth-order valence-corrected chi connectivity index (χ4v) is 3.85. The van der Waals surface area contributed by atoms with Crippen LogP contribution in [-0.4, -0.2) is 29.3 Å². The molecule has 186 valence electrons. The molecular formula is C22H17ClF3N7O2S. The Hall–Kier alpha value is -3.97. The van der Waals surface area contributed by atoms with Gasteiger partial charge in [0.1, 0.15) is 5.82 Å². The molecule has 0 amide bonds. The molecule has 9 nitrogen and oxygen atoms in total. The number of fused-ring (bicyclic) bond motifs is 1. The van der Waals surface area contributed by atoms with Crippen molar-refractivity contribution in [3.8, 4) is 0 Å². The molecular weight excluding hydrogens is 519 g/mol. The number of benzene rings is 2. The third kappa shape index (κ3) is 5.02. The first-order valence-electron chi connectivity index (χ1n) is 10.2. The first kappa shape index (κ1) is 25.1. The Bertz CT molecular complexity index is 1660. The fourth-order valence-electron chi connectivity index (χ4n) is 3.47. The number of nitrogens with two attached hydrogens (primary N) is 1. The maximum atomic E-state index is 14.4. The summed E-state index contributed by atoms with van der Waals surface area (Å²) in [7, 11) is 1.72. The van der Waals surface area contributed by atoms with Crippen LogP contribution in [0.4, 0.5) is 24.8 Å². The van der Waals surface area contributed by atoms with Crippen LogP contribution in [0.3, 0.4) is 0 Å². The zero-order valence-corrected chi connectivity index (χ0v) is 20.1. The Kier molecular flexibility index (Phi) is 6.95. The van der Waals surface area contributed by atoms with Crippen molar-refractivity contribution in [3.05, 3.63) is 91.2 Å². The second-order valence-corrected chi connectivity index (χ2v) is 8.41. The van der Waals surface area contributed by atoms with Gasteiger partial charge in [-0.05, 0) is 24.3 Å². The number of anilines is 2. The molecule has 0 saturated carbocycles. The number of hydrogen-bond donors (Lipinski definition) is 2. The van der Waals surface area contributed by atoms with E-state index >= 15 is 0 Å². The number of nitrogens with one attached hydrogen (secondary N) is 1. The molecule has 0 saturated heterocycles. The van der Waals surface area contributed by atoms with E-state index in [1.807, 2.05) is 0 Å². The molecule has 0 unspecified atom stereocenters. The van der Waals surface area contributed by atoms with E-state index in [1.54, 1.807) is 30.1 Å². The molecule has 2 aromatic heterocycles. The standard InChI is InChI=1S/C22H17ClF3N7O2S/c1-31-8-12-5-19(14(23)6-18(12)30-31)28-20-29-21(34)33(10-13(27)2-3-36)22(35)32(20)9-11-4-16(25)17(26)7-15(11)24/h2-8H,9-10,27H2,1H3,(H,28,29,34)/b13-2-. The molecule has 3 N–H and O–H groups in total. The van der Waals surface area contributed by atoms with Crippen LogP contribution < -0.4 is 22.4 Å². The van der Waals surface area contributed by atoms with Crippen LogP contribution in [0.15, 0.2) is 51.8 Å². The molecule has 4 rings (SSSR count). The minimum absolute atomic E-state index is 0.0855. The molecule has 0 spiro atoms. The lowest BCUT2D eigenvalue weighted by atomic mass is 10.2. The van der Waals surface area contributed by atoms with Crippen LogP contribution in [0.5, 0.6) is 0 Å². The highest BCUT2D eigenvalue weighted by molar-refractivity contribution is 7.79. The Morgan fingerprint density at radius 2 is 1.86 bits per heavy atom. The molecule has 0 radical (unpaired) electrons. The SMILES string of the molecule is Cn1cc2cc(Nc3nc(=O)n(C/C(N)=C/C=S)c(=O)n3Cc3cc(F)c(F)cc3F)c(Cl)cc2n1. The zero-order chi connectivity index (χ0) is 26.1. The second kappa shape index (κ2) is 9.95. The highest BCUT2D eigenvalue weighted by atomic mass is 35.5. The third-order valence-electron chi connectivity index (χ3n) is 5.14. The summed E-state index contributed by atoms with van der Waals surface area (Å²) in [6, 6.07) is 4.16. The molecule has 0 aliphatic carbocycles. The van der Waals surface area contributed by atoms with Gasteiger partial charge < -0.3 is 11.1 Å². The largest absolute Gasteiger partial charge is 0.401 e. The zero-order valence-electron chi connectivity index (χ0n) is 18.5. The van der Waals surface area contributed by atoms with Gasteiger partial charge in [-0.15, -0.1) is 0 Å². The lowest BCUT2D eigenvalue weighted by Gasteiger charge is -2.17. The van der Waals surface area contributed by atoms with E-state index in [4.69, 9.17) is 29.6 Å². The Labute approximate surface area is 211 Å². The first-order valence-corrected chi connectivity index (χ1v) is 11.1. The Morgan fingerprint density at radius 1 is 1.14 bits per heavy atom. The van der Waals surface area contributed by atoms with Crippen molar-refractivity contribution in [2.45, 2.75) is 13.1 Å². The van der Waals surface area contributed by atoms with Crippen LogP contribution in [-0.2, 0) is 20.1 Å². The van der Waals surface area contributed by atoms with Gasteiger partial charge in [-0.25, -0.2) is 27.3 Å². The number of aromatic nitrogens is 5. The van der Waals surface area contributed by atoms with Gasteiger partial charge in [0.05, 0.1) is 29.3 Å². The summed E-state index contributed by atoms with van der Waals surface area (Å²) in [5, 5.41) is 9.14. The van der Waals surface area contributed by atoms with Gasteiger partial charge in [-0.2, -0.15) is 10.1 Å². The molecule has 2 aromatic carbocycles. The quantitative estimate of drug-likeness (QED) is 0.212. The third-order valence-corrected chi connectivity index (χ3v) is 5.59. The van der Waals surface area contributed by atoms with Crippen LogP contribution in [0, 0.1) is 17.5 Å². The molecule has 2 heterocycles. The van der Waals surface area contributed by atoms with Gasteiger partial charge in [0.25, 0.3) is 0 Å². The van der Waals surface area contributed by atoms with Crippen molar-refractivity contribution in [2.24, 2.45) is 12.8 Å². The van der Waals surface area contributed by atoms with E-state index in [1.165, 1.54) is 11.4 Å². The summed E-state index contributed by atoms with van der Waals surface area (Å²) >= 11 is 11.1. The van der Waals surface area contributed by atoms with Gasteiger partial charge in [0.15, 0.2) is 11.6 Å². The van der Waals surface area contributed by atoms with E-state index in [9.17, 15) is 22.8 Å². The molecule has 36 heavy (non-hydrogen) atoms. The Balaban J connectivity index is 1.87. The van der Waals surface area contributed by atoms with Crippen LogP contribution >= 0.6 is 23.8 Å². The number of aryl methyl sites for hydroxylation is 1. The second-order valence-electron chi connectivity index (χ2n) is 7.73. The van der Waals surface area contributed by atoms with Gasteiger partial charge in [0.2, 0.25) is 5.95 Å². The fraction of sp³-hybridized carbons (Fsp3) is 0.136. The average Bonchev–Trinajstić information content (AvgIpc) is 3.16. The highest BCUT2D eigenvalue weighted by Crippen LogP contribution is 2.29. The number of nitrogens with zero attached hydrogens (tertiary/aromatic N) is 5. The van der Waals surface area contributed by atoms with Crippen molar-refractivity contribution in [2.75, 3.05) is 5.32 Å². The number of allylic oxidation sites excluding steroid dienone is 2.